The van der Waals surface area contributed by atoms with Crippen molar-refractivity contribution < 1.29 is 37.1 Å². The van der Waals surface area contributed by atoms with Crippen molar-refractivity contribution in [1.29, 1.82) is 0 Å². The van der Waals surface area contributed by atoms with Crippen molar-refractivity contribution in [3.05, 3.63) is 0 Å². The maximum atomic E-state index is 13.9. The molecule has 2 aliphatic heterocycles. The number of esters is 1. The van der Waals surface area contributed by atoms with Crippen molar-refractivity contribution in [2.75, 3.05) is 6.61 Å². The summed E-state index contributed by atoms with van der Waals surface area (Å²) < 4.78 is 40.8. The molecule has 2 heterocycles. The third-order valence-corrected chi connectivity index (χ3v) is 26.1. The van der Waals surface area contributed by atoms with Crippen LogP contribution in [0.15, 0.2) is 0 Å². The minimum Gasteiger partial charge on any atom is -0.460 e. The van der Waals surface area contributed by atoms with Crippen molar-refractivity contribution in [2.45, 2.75) is 225 Å². The molecule has 2 aliphatic rings. The van der Waals surface area contributed by atoms with Crippen molar-refractivity contribution in [2.24, 2.45) is 5.92 Å². The van der Waals surface area contributed by atoms with Gasteiger partial charge in [-0.15, -0.1) is 0 Å². The first-order chi connectivity index (χ1) is 22.9. The molecule has 0 saturated carbocycles. The molecule has 0 unspecified atom stereocenters. The Kier molecular flexibility index (Phi) is 16.3. The maximum absolute atomic E-state index is 13.9. The molecule has 0 bridgehead atoms. The molecular formula is C39H78O8Si3. The summed E-state index contributed by atoms with van der Waals surface area (Å²) in [7, 11) is -6.05. The minimum atomic E-state index is -2.18. The summed E-state index contributed by atoms with van der Waals surface area (Å²) in [6.07, 6.45) is 1.66. The Bertz CT molecular complexity index is 1080. The van der Waals surface area contributed by atoms with E-state index in [4.69, 9.17) is 27.5 Å². The average molecular weight is 759 g/mol. The predicted octanol–water partition coefficient (Wildman–Crippen LogP) is 10.6. The SMILES string of the molecule is CC[Si](CC)(CC)OC[C@H](C)C(=O)C[C@H]1C[C@](C)(O[Si](CC)(CC)CC)C[C@@]2(C[C@@H](O[Si](C)(C)C(C)(C)C)C[C@H](CC(=O)OC(C)(C)C)O2)O1. The molecule has 0 N–H and O–H groups in total. The lowest BCUT2D eigenvalue weighted by molar-refractivity contribution is -0.346. The van der Waals surface area contributed by atoms with E-state index in [1.54, 1.807) is 0 Å². The summed E-state index contributed by atoms with van der Waals surface area (Å²) in [6.45, 7) is 35.0. The number of Topliss-reactive ketones (excluding diaryl/α,β-unsaturated/α-hetero) is 1. The molecule has 0 radical (unpaired) electrons. The second-order valence-corrected chi connectivity index (χ2v) is 32.6. The van der Waals surface area contributed by atoms with Gasteiger partial charge >= 0.3 is 5.97 Å². The van der Waals surface area contributed by atoms with Gasteiger partial charge in [-0.25, -0.2) is 0 Å². The fourth-order valence-electron chi connectivity index (χ4n) is 7.76. The smallest absolute Gasteiger partial charge is 0.308 e. The van der Waals surface area contributed by atoms with Crippen LogP contribution in [-0.2, 0) is 37.1 Å². The second kappa shape index (κ2) is 17.8. The Hall–Kier alpha value is -0.409. The Morgan fingerprint density at radius 2 is 1.32 bits per heavy atom. The monoisotopic (exact) mass is 759 g/mol. The van der Waals surface area contributed by atoms with Crippen LogP contribution >= 0.6 is 0 Å². The molecule has 50 heavy (non-hydrogen) atoms. The second-order valence-electron chi connectivity index (χ2n) is 18.4. The van der Waals surface area contributed by atoms with E-state index in [0.717, 1.165) is 36.3 Å². The first kappa shape index (κ1) is 45.7. The highest BCUT2D eigenvalue weighted by Crippen LogP contribution is 2.49. The fraction of sp³-hybridized carbons (Fsp3) is 0.949. The van der Waals surface area contributed by atoms with E-state index < -0.39 is 48.0 Å². The van der Waals surface area contributed by atoms with Crippen LogP contribution in [0.3, 0.4) is 0 Å². The van der Waals surface area contributed by atoms with E-state index >= 15 is 0 Å². The number of carbonyl (C=O) groups is 2. The number of carbonyl (C=O) groups excluding carboxylic acids is 2. The van der Waals surface area contributed by atoms with Crippen molar-refractivity contribution in [3.8, 4) is 0 Å². The van der Waals surface area contributed by atoms with E-state index in [9.17, 15) is 9.59 Å². The highest BCUT2D eigenvalue weighted by molar-refractivity contribution is 6.74. The number of rotatable bonds is 18. The molecule has 0 aromatic rings. The Morgan fingerprint density at radius 3 is 1.80 bits per heavy atom. The van der Waals surface area contributed by atoms with Gasteiger partial charge in [-0.2, -0.15) is 0 Å². The highest BCUT2D eigenvalue weighted by atomic mass is 28.4. The van der Waals surface area contributed by atoms with Gasteiger partial charge in [-0.3, -0.25) is 9.59 Å². The number of ketones is 1. The standard InChI is InChI=1S/C39H78O8Si3/c1-17-49(18-2,19-3)42-28-30(7)34(40)24-32-26-38(14,47-50(20-4,21-5)22-6)29-39(44-32)27-33(46-48(15,16)37(11,12)13)23-31(43-39)25-35(41)45-36(8,9)10/h30-33H,17-29H2,1-16H3/t30-,31+,32-,33-,38-,39+/m0/s1. The summed E-state index contributed by atoms with van der Waals surface area (Å²) in [4.78, 5) is 27.2. The molecule has 0 aromatic heterocycles. The lowest BCUT2D eigenvalue weighted by atomic mass is 9.81. The molecule has 0 amide bonds. The molecular weight excluding hydrogens is 681 g/mol. The van der Waals surface area contributed by atoms with E-state index in [0.29, 0.717) is 32.3 Å². The Balaban J connectivity index is 2.53. The normalized spacial score (nSPS) is 27.7. The minimum absolute atomic E-state index is 0.0136. The van der Waals surface area contributed by atoms with Crippen molar-refractivity contribution in [3.63, 3.8) is 0 Å². The van der Waals surface area contributed by atoms with E-state index in [1.165, 1.54) is 0 Å². The van der Waals surface area contributed by atoms with Gasteiger partial charge in [-0.1, -0.05) is 69.2 Å². The van der Waals surface area contributed by atoms with Crippen LogP contribution in [0.4, 0.5) is 0 Å². The molecule has 2 fully saturated rings. The third-order valence-electron chi connectivity index (χ3n) is 12.2. The summed E-state index contributed by atoms with van der Waals surface area (Å²) >= 11 is 0. The first-order valence-electron chi connectivity index (χ1n) is 20.0. The van der Waals surface area contributed by atoms with Crippen LogP contribution in [-0.4, -0.2) is 78.6 Å². The Labute approximate surface area is 310 Å². The predicted molar refractivity (Wildman–Crippen MR) is 212 cm³/mol. The number of ether oxygens (including phenoxy) is 3. The molecule has 0 aromatic carbocycles. The molecule has 294 valence electrons. The summed E-state index contributed by atoms with van der Waals surface area (Å²) in [6, 6.07) is 6.25. The van der Waals surface area contributed by atoms with Crippen LogP contribution < -0.4 is 0 Å². The molecule has 2 saturated heterocycles. The number of hydrogen-bond donors (Lipinski definition) is 0. The van der Waals surface area contributed by atoms with Crippen LogP contribution in [0.5, 0.6) is 0 Å². The average Bonchev–Trinajstić information content (AvgIpc) is 2.98. The largest absolute Gasteiger partial charge is 0.460 e. The van der Waals surface area contributed by atoms with Crippen molar-refractivity contribution in [1.82, 2.24) is 0 Å². The molecule has 6 atom stereocenters. The molecule has 0 aliphatic carbocycles. The van der Waals surface area contributed by atoms with Gasteiger partial charge in [0.05, 0.1) is 30.3 Å². The molecule has 1 spiro atoms. The van der Waals surface area contributed by atoms with Gasteiger partial charge in [0.1, 0.15) is 11.4 Å². The maximum Gasteiger partial charge on any atom is 0.308 e. The van der Waals surface area contributed by atoms with Crippen LogP contribution in [0.25, 0.3) is 0 Å². The lowest BCUT2D eigenvalue weighted by Crippen LogP contribution is -2.62. The van der Waals surface area contributed by atoms with Gasteiger partial charge < -0.3 is 27.5 Å². The zero-order valence-electron chi connectivity index (χ0n) is 35.3. The zero-order valence-corrected chi connectivity index (χ0v) is 38.3. The fourth-order valence-corrected chi connectivity index (χ4v) is 15.0. The molecule has 2 rings (SSSR count). The summed E-state index contributed by atoms with van der Waals surface area (Å²) in [5.41, 5.74) is -1.15. The highest BCUT2D eigenvalue weighted by Gasteiger charge is 2.56. The summed E-state index contributed by atoms with van der Waals surface area (Å²) in [5.74, 6) is -1.42. The van der Waals surface area contributed by atoms with Gasteiger partial charge in [0.2, 0.25) is 0 Å². The summed E-state index contributed by atoms with van der Waals surface area (Å²) in [5, 5.41) is 0.0136. The van der Waals surface area contributed by atoms with E-state index in [-0.39, 0.29) is 47.8 Å². The van der Waals surface area contributed by atoms with E-state index in [2.05, 4.69) is 82.3 Å². The lowest BCUT2D eigenvalue weighted by Gasteiger charge is -2.55. The molecule has 11 heteroatoms. The molecule has 8 nitrogen and oxygen atoms in total. The van der Waals surface area contributed by atoms with Gasteiger partial charge in [0, 0.05) is 38.2 Å². The third kappa shape index (κ3) is 12.6. The van der Waals surface area contributed by atoms with Gasteiger partial charge in [0.25, 0.3) is 0 Å². The van der Waals surface area contributed by atoms with Crippen LogP contribution in [0.1, 0.15) is 135 Å². The quantitative estimate of drug-likeness (QED) is 0.101. The Morgan fingerprint density at radius 1 is 0.800 bits per heavy atom. The number of hydrogen-bond acceptors (Lipinski definition) is 8. The zero-order chi connectivity index (χ0) is 38.4. The van der Waals surface area contributed by atoms with Crippen LogP contribution in [0, 0.1) is 5.92 Å². The van der Waals surface area contributed by atoms with E-state index in [1.807, 2.05) is 27.7 Å². The van der Waals surface area contributed by atoms with Crippen molar-refractivity contribution >= 4 is 36.7 Å². The van der Waals surface area contributed by atoms with Gasteiger partial charge in [-0.05, 0) is 88.5 Å². The first-order valence-corrected chi connectivity index (χ1v) is 28.0. The van der Waals surface area contributed by atoms with Gasteiger partial charge in [0.15, 0.2) is 30.7 Å². The van der Waals surface area contributed by atoms with Crippen LogP contribution in [0.2, 0.25) is 54.4 Å². The topological polar surface area (TPSA) is 89.5 Å².